The van der Waals surface area contributed by atoms with Crippen LogP contribution in [0.5, 0.6) is 0 Å². The van der Waals surface area contributed by atoms with Crippen LogP contribution in [0.2, 0.25) is 0 Å². The van der Waals surface area contributed by atoms with E-state index >= 15 is 0 Å². The standard InChI is InChI=1S/C39H38N4/c1-4-13-27(14-5-1)30-23-24-36-34(26-30)33-21-10-11-22-35(33)43(36)32-20-12-19-31(25-32)39-41-37(28-15-6-2-7-16-28)40-38(42-39)29-17-8-3-9-18-29/h1-2,4-8,10-11,13-18,20-25,30,37-42H,3,9,12,19,26H2. The van der Waals surface area contributed by atoms with Gasteiger partial charge in [-0.3, -0.25) is 16.0 Å². The Bertz CT molecular complexity index is 1790. The van der Waals surface area contributed by atoms with Gasteiger partial charge in [-0.2, -0.15) is 0 Å². The van der Waals surface area contributed by atoms with Gasteiger partial charge in [0.15, 0.2) is 0 Å². The van der Waals surface area contributed by atoms with Gasteiger partial charge in [-0.1, -0.05) is 109 Å². The van der Waals surface area contributed by atoms with Crippen LogP contribution in [0.25, 0.3) is 22.7 Å². The summed E-state index contributed by atoms with van der Waals surface area (Å²) in [5.41, 5.74) is 10.7. The van der Waals surface area contributed by atoms with E-state index in [0.717, 1.165) is 32.1 Å². The second-order valence-corrected chi connectivity index (χ2v) is 12.1. The number of fused-ring (bicyclic) bond motifs is 3. The highest BCUT2D eigenvalue weighted by Gasteiger charge is 2.32. The Hall–Kier alpha value is -4.22. The number of nitrogens with one attached hydrogen (secondary N) is 3. The Morgan fingerprint density at radius 2 is 1.40 bits per heavy atom. The van der Waals surface area contributed by atoms with Crippen molar-refractivity contribution in [1.29, 1.82) is 0 Å². The van der Waals surface area contributed by atoms with Crippen LogP contribution in [-0.4, -0.2) is 16.9 Å². The van der Waals surface area contributed by atoms with Crippen LogP contribution in [0, 0.1) is 0 Å². The van der Waals surface area contributed by atoms with Crippen molar-refractivity contribution >= 4 is 22.7 Å². The molecule has 4 heteroatoms. The van der Waals surface area contributed by atoms with Gasteiger partial charge in [0.1, 0.15) is 0 Å². The second-order valence-electron chi connectivity index (χ2n) is 12.1. The van der Waals surface area contributed by atoms with Crippen LogP contribution >= 0.6 is 0 Å². The van der Waals surface area contributed by atoms with Crippen molar-refractivity contribution in [3.8, 4) is 0 Å². The van der Waals surface area contributed by atoms with E-state index < -0.39 is 0 Å². The number of hydrogen-bond donors (Lipinski definition) is 3. The predicted molar refractivity (Wildman–Crippen MR) is 178 cm³/mol. The fraction of sp³-hybridized carbons (Fsp3) is 0.231. The highest BCUT2D eigenvalue weighted by molar-refractivity contribution is 5.93. The lowest BCUT2D eigenvalue weighted by Crippen LogP contribution is -2.64. The Kier molecular flexibility index (Phi) is 7.04. The van der Waals surface area contributed by atoms with E-state index in [1.807, 2.05) is 0 Å². The monoisotopic (exact) mass is 562 g/mol. The molecule has 0 bridgehead atoms. The molecule has 3 N–H and O–H groups in total. The van der Waals surface area contributed by atoms with Gasteiger partial charge in [0.05, 0.1) is 24.0 Å². The van der Waals surface area contributed by atoms with Crippen molar-refractivity contribution in [1.82, 2.24) is 20.5 Å². The minimum absolute atomic E-state index is 0.0574. The van der Waals surface area contributed by atoms with E-state index in [9.17, 15) is 0 Å². The minimum Gasteiger partial charge on any atom is -0.310 e. The van der Waals surface area contributed by atoms with Gasteiger partial charge >= 0.3 is 0 Å². The van der Waals surface area contributed by atoms with E-state index in [4.69, 9.17) is 0 Å². The minimum atomic E-state index is 0.0574. The van der Waals surface area contributed by atoms with Crippen molar-refractivity contribution in [2.75, 3.05) is 0 Å². The molecule has 4 nitrogen and oxygen atoms in total. The summed E-state index contributed by atoms with van der Waals surface area (Å²) >= 11 is 0. The van der Waals surface area contributed by atoms with E-state index in [1.54, 1.807) is 0 Å². The lowest BCUT2D eigenvalue weighted by Gasteiger charge is -2.41. The van der Waals surface area contributed by atoms with Crippen LogP contribution in [0.15, 0.2) is 133 Å². The summed E-state index contributed by atoms with van der Waals surface area (Å²) in [7, 11) is 0. The Morgan fingerprint density at radius 1 is 0.651 bits per heavy atom. The highest BCUT2D eigenvalue weighted by atomic mass is 15.4. The number of allylic oxidation sites excluding steroid dienone is 6. The molecule has 1 aromatic heterocycles. The summed E-state index contributed by atoms with van der Waals surface area (Å²) in [6, 6.07) is 30.6. The van der Waals surface area contributed by atoms with Gasteiger partial charge in [0.2, 0.25) is 0 Å². The number of nitrogens with zero attached hydrogens (tertiary/aromatic N) is 1. The average molecular weight is 563 g/mol. The normalized spacial score (nSPS) is 25.2. The molecule has 1 aliphatic heterocycles. The molecule has 0 spiro atoms. The first-order valence-electron chi connectivity index (χ1n) is 15.8. The van der Waals surface area contributed by atoms with Crippen molar-refractivity contribution in [2.45, 2.75) is 56.5 Å². The first-order valence-corrected chi connectivity index (χ1v) is 15.8. The number of rotatable bonds is 5. The van der Waals surface area contributed by atoms with Gasteiger partial charge in [0.25, 0.3) is 0 Å². The number of para-hydroxylation sites is 1. The molecule has 8 rings (SSSR count). The molecule has 214 valence electrons. The largest absolute Gasteiger partial charge is 0.310 e. The molecule has 4 atom stereocenters. The summed E-state index contributed by atoms with van der Waals surface area (Å²) in [4.78, 5) is 0. The van der Waals surface area contributed by atoms with Crippen molar-refractivity contribution in [2.24, 2.45) is 0 Å². The summed E-state index contributed by atoms with van der Waals surface area (Å²) in [6.07, 6.45) is 22.1. The fourth-order valence-corrected chi connectivity index (χ4v) is 7.25. The van der Waals surface area contributed by atoms with Gasteiger partial charge in [-0.05, 0) is 78.2 Å². The molecule has 2 heterocycles. The SMILES string of the molecule is C1=CC(C2NC(C3=CC(n4c5c(c6ccccc64)CC(c4ccccc4)C=C5)=CCC3)NC(c3ccccc3)N2)=CCC1. The fourth-order valence-electron chi connectivity index (χ4n) is 7.25. The zero-order valence-corrected chi connectivity index (χ0v) is 24.4. The van der Waals surface area contributed by atoms with Gasteiger partial charge in [-0.25, -0.2) is 0 Å². The summed E-state index contributed by atoms with van der Waals surface area (Å²) in [6.45, 7) is 0. The van der Waals surface area contributed by atoms with Crippen LogP contribution in [-0.2, 0) is 6.42 Å². The second kappa shape index (κ2) is 11.5. The van der Waals surface area contributed by atoms with Gasteiger partial charge in [-0.15, -0.1) is 0 Å². The lowest BCUT2D eigenvalue weighted by atomic mass is 9.87. The van der Waals surface area contributed by atoms with E-state index in [1.165, 1.54) is 50.1 Å². The zero-order chi connectivity index (χ0) is 28.6. The number of benzene rings is 3. The van der Waals surface area contributed by atoms with Crippen LogP contribution in [0.4, 0.5) is 0 Å². The summed E-state index contributed by atoms with van der Waals surface area (Å²) in [5.74, 6) is 0.400. The third-order valence-electron chi connectivity index (χ3n) is 9.40. The quantitative estimate of drug-likeness (QED) is 0.231. The molecule has 3 aliphatic carbocycles. The molecular weight excluding hydrogens is 524 g/mol. The maximum atomic E-state index is 3.92. The molecule has 43 heavy (non-hydrogen) atoms. The Morgan fingerprint density at radius 3 is 2.21 bits per heavy atom. The molecule has 0 amide bonds. The van der Waals surface area contributed by atoms with E-state index in [2.05, 4.69) is 148 Å². The van der Waals surface area contributed by atoms with Crippen LogP contribution < -0.4 is 16.0 Å². The van der Waals surface area contributed by atoms with E-state index in [0.29, 0.717) is 5.92 Å². The summed E-state index contributed by atoms with van der Waals surface area (Å²) < 4.78 is 2.50. The molecule has 4 aliphatic rings. The van der Waals surface area contributed by atoms with Gasteiger partial charge < -0.3 is 4.57 Å². The topological polar surface area (TPSA) is 41.0 Å². The van der Waals surface area contributed by atoms with Crippen molar-refractivity contribution in [3.63, 3.8) is 0 Å². The Balaban J connectivity index is 1.15. The maximum absolute atomic E-state index is 3.92. The first kappa shape index (κ1) is 26.4. The molecule has 1 saturated heterocycles. The summed E-state index contributed by atoms with van der Waals surface area (Å²) in [5, 5.41) is 13.0. The molecule has 0 saturated carbocycles. The zero-order valence-electron chi connectivity index (χ0n) is 24.4. The molecule has 3 aromatic carbocycles. The lowest BCUT2D eigenvalue weighted by molar-refractivity contribution is 0.240. The number of aromatic nitrogens is 1. The third kappa shape index (κ3) is 5.06. The maximum Gasteiger partial charge on any atom is 0.0864 e. The molecular formula is C39H38N4. The number of hydrogen-bond acceptors (Lipinski definition) is 3. The molecule has 4 unspecified atom stereocenters. The van der Waals surface area contributed by atoms with Crippen molar-refractivity contribution in [3.05, 3.63) is 155 Å². The van der Waals surface area contributed by atoms with Crippen molar-refractivity contribution < 1.29 is 0 Å². The van der Waals surface area contributed by atoms with Gasteiger partial charge in [0, 0.05) is 22.7 Å². The highest BCUT2D eigenvalue weighted by Crippen LogP contribution is 2.39. The average Bonchev–Trinajstić information content (AvgIpc) is 3.43. The molecule has 4 aromatic rings. The molecule has 0 radical (unpaired) electrons. The van der Waals surface area contributed by atoms with E-state index in [-0.39, 0.29) is 18.5 Å². The van der Waals surface area contributed by atoms with Crippen LogP contribution in [0.3, 0.4) is 0 Å². The predicted octanol–water partition coefficient (Wildman–Crippen LogP) is 7.97. The molecule has 1 fully saturated rings. The Labute approximate surface area is 254 Å². The third-order valence-corrected chi connectivity index (χ3v) is 9.40. The first-order chi connectivity index (χ1) is 21.3. The van der Waals surface area contributed by atoms with Crippen LogP contribution in [0.1, 0.15) is 60.2 Å². The smallest absolute Gasteiger partial charge is 0.0864 e.